The number of rotatable bonds is 5. The monoisotopic (exact) mass is 338 g/mol. The van der Waals surface area contributed by atoms with Crippen molar-refractivity contribution in [3.63, 3.8) is 0 Å². The maximum Gasteiger partial charge on any atom is 0.159 e. The summed E-state index contributed by atoms with van der Waals surface area (Å²) in [5.41, 5.74) is 9.33. The van der Waals surface area contributed by atoms with Crippen LogP contribution in [-0.4, -0.2) is 35.0 Å². The molecule has 0 spiro atoms. The van der Waals surface area contributed by atoms with Crippen molar-refractivity contribution in [2.24, 2.45) is 5.73 Å². The molecule has 25 heavy (non-hydrogen) atoms. The zero-order chi connectivity index (χ0) is 18.0. The van der Waals surface area contributed by atoms with Gasteiger partial charge in [0.05, 0.1) is 23.7 Å². The van der Waals surface area contributed by atoms with Gasteiger partial charge in [-0.15, -0.1) is 0 Å². The molecule has 1 aromatic carbocycles. The molecule has 0 aliphatic carbocycles. The van der Waals surface area contributed by atoms with Crippen LogP contribution in [0.1, 0.15) is 34.9 Å². The summed E-state index contributed by atoms with van der Waals surface area (Å²) in [4.78, 5) is 16.3. The van der Waals surface area contributed by atoms with E-state index in [0.717, 1.165) is 17.9 Å². The molecule has 1 aliphatic rings. The van der Waals surface area contributed by atoms with Gasteiger partial charge < -0.3 is 15.8 Å². The molecular formula is C19H22N4O2. The summed E-state index contributed by atoms with van der Waals surface area (Å²) in [6.45, 7) is 11.4. The number of carbonyl (C=O) groups excluding carboxylic acids is 1. The van der Waals surface area contributed by atoms with Crippen LogP contribution in [0.3, 0.4) is 0 Å². The highest BCUT2D eigenvalue weighted by atomic mass is 16.5. The minimum atomic E-state index is -0.185. The molecule has 3 N–H and O–H groups in total. The number of imidazole rings is 1. The van der Waals surface area contributed by atoms with Crippen molar-refractivity contribution in [1.82, 2.24) is 14.9 Å². The molecule has 2 aromatic rings. The Bertz CT molecular complexity index is 815. The summed E-state index contributed by atoms with van der Waals surface area (Å²) < 4.78 is 7.66. The fourth-order valence-corrected chi connectivity index (χ4v) is 2.96. The van der Waals surface area contributed by atoms with Crippen molar-refractivity contribution in [2.45, 2.75) is 13.0 Å². The zero-order valence-electron chi connectivity index (χ0n) is 14.3. The van der Waals surface area contributed by atoms with Crippen LogP contribution < -0.4 is 11.1 Å². The first-order chi connectivity index (χ1) is 12.0. The van der Waals surface area contributed by atoms with Crippen molar-refractivity contribution < 1.29 is 9.53 Å². The van der Waals surface area contributed by atoms with Gasteiger partial charge in [-0.05, 0) is 6.92 Å². The normalized spacial score (nSPS) is 17.2. The van der Waals surface area contributed by atoms with E-state index in [9.17, 15) is 4.79 Å². The molecule has 1 fully saturated rings. The lowest BCUT2D eigenvalue weighted by atomic mass is 10.1. The van der Waals surface area contributed by atoms with Crippen molar-refractivity contribution in [2.75, 3.05) is 19.7 Å². The van der Waals surface area contributed by atoms with Crippen molar-refractivity contribution in [3.8, 4) is 11.3 Å². The summed E-state index contributed by atoms with van der Waals surface area (Å²) in [7, 11) is 0. The molecule has 0 bridgehead atoms. The number of benzene rings is 1. The Balaban J connectivity index is 2.11. The average Bonchev–Trinajstić information content (AvgIpc) is 3.02. The second-order valence-corrected chi connectivity index (χ2v) is 5.94. The summed E-state index contributed by atoms with van der Waals surface area (Å²) in [6.07, 6.45) is 1.48. The summed E-state index contributed by atoms with van der Waals surface area (Å²) >= 11 is 0. The van der Waals surface area contributed by atoms with E-state index in [0.29, 0.717) is 35.8 Å². The molecule has 0 radical (unpaired) electrons. The van der Waals surface area contributed by atoms with Crippen LogP contribution in [0.25, 0.3) is 23.2 Å². The van der Waals surface area contributed by atoms with Crippen molar-refractivity contribution in [3.05, 3.63) is 54.5 Å². The van der Waals surface area contributed by atoms with Gasteiger partial charge in [-0.25, -0.2) is 4.98 Å². The third kappa shape index (κ3) is 3.26. The molecule has 130 valence electrons. The highest BCUT2D eigenvalue weighted by Crippen LogP contribution is 2.31. The molecule has 1 atom stereocenters. The van der Waals surface area contributed by atoms with Gasteiger partial charge >= 0.3 is 0 Å². The Labute approximate surface area is 147 Å². The predicted octanol–water partition coefficient (Wildman–Crippen LogP) is 2.44. The molecule has 2 heterocycles. The van der Waals surface area contributed by atoms with Gasteiger partial charge in [0.1, 0.15) is 11.9 Å². The number of ether oxygens (including phenoxy) is 1. The smallest absolute Gasteiger partial charge is 0.159 e. The number of hydrogen-bond donors (Lipinski definition) is 2. The number of Topliss-reactive ketones (excluding diaryl/α,β-unsaturated/α-hetero) is 1. The van der Waals surface area contributed by atoms with Gasteiger partial charge in [0.2, 0.25) is 0 Å². The number of carbonyl (C=O) groups is 1. The summed E-state index contributed by atoms with van der Waals surface area (Å²) in [5, 5.41) is 3.30. The first kappa shape index (κ1) is 17.1. The van der Waals surface area contributed by atoms with Gasteiger partial charge in [0.15, 0.2) is 5.78 Å². The van der Waals surface area contributed by atoms with E-state index in [2.05, 4.69) is 18.5 Å². The van der Waals surface area contributed by atoms with E-state index >= 15 is 0 Å². The molecule has 1 saturated heterocycles. The van der Waals surface area contributed by atoms with Gasteiger partial charge in [-0.3, -0.25) is 9.36 Å². The highest BCUT2D eigenvalue weighted by Gasteiger charge is 2.26. The van der Waals surface area contributed by atoms with Crippen molar-refractivity contribution in [1.29, 1.82) is 0 Å². The maximum atomic E-state index is 11.5. The first-order valence-corrected chi connectivity index (χ1v) is 8.16. The lowest BCUT2D eigenvalue weighted by molar-refractivity contribution is 0.0216. The summed E-state index contributed by atoms with van der Waals surface area (Å²) in [6, 6.07) is 7.30. The van der Waals surface area contributed by atoms with Crippen LogP contribution in [0, 0.1) is 0 Å². The number of morpholine rings is 1. The Morgan fingerprint density at radius 1 is 1.44 bits per heavy atom. The molecule has 3 rings (SSSR count). The lowest BCUT2D eigenvalue weighted by Crippen LogP contribution is -2.34. The Kier molecular flexibility index (Phi) is 4.83. The number of nitrogens with zero attached hydrogens (tertiary/aromatic N) is 2. The molecule has 0 saturated carbocycles. The molecule has 6 heteroatoms. The summed E-state index contributed by atoms with van der Waals surface area (Å²) in [5.74, 6) is 0.753. The first-order valence-electron chi connectivity index (χ1n) is 8.16. The third-order valence-electron chi connectivity index (χ3n) is 4.21. The average molecular weight is 338 g/mol. The highest BCUT2D eigenvalue weighted by molar-refractivity contribution is 5.94. The van der Waals surface area contributed by atoms with Gasteiger partial charge in [0, 0.05) is 30.4 Å². The van der Waals surface area contributed by atoms with E-state index in [1.165, 1.54) is 0 Å². The van der Waals surface area contributed by atoms with Crippen molar-refractivity contribution >= 4 is 17.7 Å². The standard InChI is InChI=1S/C19H22N4O2/c1-4-23-18(12(2)20)17(15-7-5-14(6-8-15)13(3)24)22-19(23)16-11-21-9-10-25-16/h4-8,16,21H,1-2,9-11,20H2,3H3/t16-/m0/s1. The largest absolute Gasteiger partial charge is 0.397 e. The van der Waals surface area contributed by atoms with Gasteiger partial charge in [0.25, 0.3) is 0 Å². The Morgan fingerprint density at radius 2 is 2.16 bits per heavy atom. The van der Waals surface area contributed by atoms with Crippen LogP contribution in [-0.2, 0) is 4.74 Å². The molecule has 1 aliphatic heterocycles. The predicted molar refractivity (Wildman–Crippen MR) is 98.8 cm³/mol. The maximum absolute atomic E-state index is 11.5. The van der Waals surface area contributed by atoms with Gasteiger partial charge in [-0.1, -0.05) is 37.4 Å². The van der Waals surface area contributed by atoms with E-state index in [4.69, 9.17) is 15.5 Å². The fourth-order valence-electron chi connectivity index (χ4n) is 2.96. The second kappa shape index (κ2) is 7.04. The number of ketones is 1. The Morgan fingerprint density at radius 3 is 2.68 bits per heavy atom. The van der Waals surface area contributed by atoms with Gasteiger partial charge in [-0.2, -0.15) is 0 Å². The molecule has 0 amide bonds. The van der Waals surface area contributed by atoms with Crippen LogP contribution in [0.4, 0.5) is 0 Å². The number of hydrogen-bond acceptors (Lipinski definition) is 5. The number of nitrogens with two attached hydrogens (primary N) is 1. The quantitative estimate of drug-likeness (QED) is 0.818. The minimum Gasteiger partial charge on any atom is -0.397 e. The van der Waals surface area contributed by atoms with Crippen LogP contribution >= 0.6 is 0 Å². The van der Waals surface area contributed by atoms with Crippen LogP contribution in [0.2, 0.25) is 0 Å². The van der Waals surface area contributed by atoms with E-state index in [1.807, 2.05) is 16.7 Å². The van der Waals surface area contributed by atoms with E-state index < -0.39 is 0 Å². The number of nitrogens with one attached hydrogen (secondary N) is 1. The zero-order valence-corrected chi connectivity index (χ0v) is 14.3. The number of aromatic nitrogens is 2. The van der Waals surface area contributed by atoms with Crippen LogP contribution in [0.15, 0.2) is 37.4 Å². The third-order valence-corrected chi connectivity index (χ3v) is 4.21. The Hall–Kier alpha value is -2.70. The SMILES string of the molecule is C=Cn1c([C@@H]2CNCCO2)nc(-c2ccc(C(C)=O)cc2)c1C(=C)N. The van der Waals surface area contributed by atoms with E-state index in [1.54, 1.807) is 25.3 Å². The minimum absolute atomic E-state index is 0.0222. The molecular weight excluding hydrogens is 316 g/mol. The fraction of sp³-hybridized carbons (Fsp3) is 0.263. The molecule has 0 unspecified atom stereocenters. The molecule has 6 nitrogen and oxygen atoms in total. The molecule has 1 aromatic heterocycles. The topological polar surface area (TPSA) is 82.2 Å². The lowest BCUT2D eigenvalue weighted by Gasteiger charge is -2.23. The second-order valence-electron chi connectivity index (χ2n) is 5.94. The van der Waals surface area contributed by atoms with E-state index in [-0.39, 0.29) is 11.9 Å². The van der Waals surface area contributed by atoms with Crippen LogP contribution in [0.5, 0.6) is 0 Å².